The van der Waals surface area contributed by atoms with Gasteiger partial charge in [-0.2, -0.15) is 10.2 Å². The van der Waals surface area contributed by atoms with Crippen molar-refractivity contribution < 1.29 is 4.52 Å². The van der Waals surface area contributed by atoms with Crippen LogP contribution in [0.15, 0.2) is 59.1 Å². The van der Waals surface area contributed by atoms with Crippen molar-refractivity contribution in [3.05, 3.63) is 60.2 Å². The van der Waals surface area contributed by atoms with Crippen molar-refractivity contribution in [2.24, 2.45) is 0 Å². The lowest BCUT2D eigenvalue weighted by atomic mass is 9.89. The maximum absolute atomic E-state index is 9.06. The number of anilines is 2. The predicted octanol–water partition coefficient (Wildman–Crippen LogP) is 4.59. The standard InChI is InChI=1S/C26H30N6O/c27-17-19-12-14-22(15-13-19)32-16-6-9-21(18-32)28-23-10-4-5-11-24(23)29-26-30-25(33-31-26)20-7-2-1-3-8-20/h1-3,7-8,12-15,21,23-24,28H,4-6,9-11,16,18H2,(H,29,31). The van der Waals surface area contributed by atoms with Crippen LogP contribution in [0, 0.1) is 11.3 Å². The summed E-state index contributed by atoms with van der Waals surface area (Å²) in [4.78, 5) is 7.00. The third-order valence-corrected chi connectivity index (χ3v) is 6.76. The van der Waals surface area contributed by atoms with Gasteiger partial charge in [-0.05, 0) is 67.2 Å². The highest BCUT2D eigenvalue weighted by Crippen LogP contribution is 2.26. The second-order valence-corrected chi connectivity index (χ2v) is 9.04. The van der Waals surface area contributed by atoms with Gasteiger partial charge in [-0.1, -0.05) is 31.0 Å². The number of nitrogens with zero attached hydrogens (tertiary/aromatic N) is 4. The van der Waals surface area contributed by atoms with Crippen molar-refractivity contribution >= 4 is 11.6 Å². The smallest absolute Gasteiger partial charge is 0.264 e. The molecule has 1 saturated carbocycles. The van der Waals surface area contributed by atoms with E-state index in [4.69, 9.17) is 9.78 Å². The first-order valence-electron chi connectivity index (χ1n) is 12.0. The topological polar surface area (TPSA) is 90.0 Å². The summed E-state index contributed by atoms with van der Waals surface area (Å²) < 4.78 is 5.49. The van der Waals surface area contributed by atoms with Gasteiger partial charge in [-0.25, -0.2) is 0 Å². The molecule has 1 aromatic heterocycles. The van der Waals surface area contributed by atoms with Gasteiger partial charge in [0.2, 0.25) is 0 Å². The number of aromatic nitrogens is 2. The molecular formula is C26H30N6O. The molecule has 2 heterocycles. The van der Waals surface area contributed by atoms with Crippen LogP contribution in [0.5, 0.6) is 0 Å². The first-order valence-corrected chi connectivity index (χ1v) is 12.0. The lowest BCUT2D eigenvalue weighted by molar-refractivity contribution is 0.292. The lowest BCUT2D eigenvalue weighted by Crippen LogP contribution is -2.55. The van der Waals surface area contributed by atoms with E-state index in [1.54, 1.807) is 0 Å². The molecule has 5 rings (SSSR count). The average Bonchev–Trinajstić information content (AvgIpc) is 3.35. The summed E-state index contributed by atoms with van der Waals surface area (Å²) in [7, 11) is 0. The van der Waals surface area contributed by atoms with Crippen LogP contribution in [0.2, 0.25) is 0 Å². The molecule has 3 aromatic rings. The summed E-state index contributed by atoms with van der Waals surface area (Å²) in [6.45, 7) is 2.04. The van der Waals surface area contributed by atoms with Gasteiger partial charge in [0.05, 0.1) is 11.6 Å². The molecule has 3 atom stereocenters. The van der Waals surface area contributed by atoms with Crippen molar-refractivity contribution in [3.8, 4) is 17.5 Å². The molecule has 0 radical (unpaired) electrons. The number of nitrogens with one attached hydrogen (secondary N) is 2. The molecule has 170 valence electrons. The Labute approximate surface area is 194 Å². The number of benzene rings is 2. The molecule has 0 spiro atoms. The largest absolute Gasteiger partial charge is 0.370 e. The van der Waals surface area contributed by atoms with E-state index in [0.29, 0.717) is 29.5 Å². The second kappa shape index (κ2) is 10.1. The summed E-state index contributed by atoms with van der Waals surface area (Å²) in [5.41, 5.74) is 2.83. The van der Waals surface area contributed by atoms with Crippen LogP contribution in [0.25, 0.3) is 11.5 Å². The average molecular weight is 443 g/mol. The third kappa shape index (κ3) is 5.18. The van der Waals surface area contributed by atoms with Crippen LogP contribution in [-0.4, -0.2) is 41.4 Å². The quantitative estimate of drug-likeness (QED) is 0.577. The molecule has 3 unspecified atom stereocenters. The van der Waals surface area contributed by atoms with E-state index in [1.165, 1.54) is 24.9 Å². The van der Waals surface area contributed by atoms with Crippen LogP contribution in [0.4, 0.5) is 11.6 Å². The Morgan fingerprint density at radius 1 is 0.939 bits per heavy atom. The van der Waals surface area contributed by atoms with Gasteiger partial charge in [0.25, 0.3) is 11.8 Å². The maximum atomic E-state index is 9.06. The summed E-state index contributed by atoms with van der Waals surface area (Å²) >= 11 is 0. The monoisotopic (exact) mass is 442 g/mol. The fraction of sp³-hybridized carbons (Fsp3) is 0.423. The Kier molecular flexibility index (Phi) is 6.54. The predicted molar refractivity (Wildman–Crippen MR) is 129 cm³/mol. The Bertz CT molecular complexity index is 1070. The highest BCUT2D eigenvalue weighted by atomic mass is 16.5. The molecule has 1 aliphatic heterocycles. The van der Waals surface area contributed by atoms with Gasteiger partial charge >= 0.3 is 0 Å². The molecule has 1 aliphatic carbocycles. The van der Waals surface area contributed by atoms with Crippen molar-refractivity contribution in [2.45, 2.75) is 56.7 Å². The molecule has 7 heteroatoms. The Morgan fingerprint density at radius 3 is 2.52 bits per heavy atom. The molecule has 33 heavy (non-hydrogen) atoms. The fourth-order valence-electron chi connectivity index (χ4n) is 5.05. The molecule has 0 bridgehead atoms. The highest BCUT2D eigenvalue weighted by molar-refractivity contribution is 5.54. The molecule has 2 aliphatic rings. The lowest BCUT2D eigenvalue weighted by Gasteiger charge is -2.40. The zero-order valence-corrected chi connectivity index (χ0v) is 18.8. The van der Waals surface area contributed by atoms with Crippen molar-refractivity contribution in [1.82, 2.24) is 15.5 Å². The summed E-state index contributed by atoms with van der Waals surface area (Å²) in [5, 5.41) is 20.7. The van der Waals surface area contributed by atoms with Gasteiger partial charge in [0.1, 0.15) is 0 Å². The first kappa shape index (κ1) is 21.5. The zero-order valence-electron chi connectivity index (χ0n) is 18.8. The van der Waals surface area contributed by atoms with Crippen LogP contribution >= 0.6 is 0 Å². The molecule has 1 saturated heterocycles. The minimum absolute atomic E-state index is 0.283. The summed E-state index contributed by atoms with van der Waals surface area (Å²) in [6, 6.07) is 21.1. The normalized spacial score (nSPS) is 23.1. The number of hydrogen-bond acceptors (Lipinski definition) is 7. The SMILES string of the molecule is N#Cc1ccc(N2CCCC(NC3CCCCC3Nc3noc(-c4ccccc4)n3)C2)cc1. The molecule has 2 aromatic carbocycles. The van der Waals surface area contributed by atoms with Crippen LogP contribution < -0.4 is 15.5 Å². The number of nitriles is 1. The molecule has 0 amide bonds. The van der Waals surface area contributed by atoms with Crippen molar-refractivity contribution in [2.75, 3.05) is 23.3 Å². The van der Waals surface area contributed by atoms with E-state index >= 15 is 0 Å². The molecular weight excluding hydrogens is 412 g/mol. The van der Waals surface area contributed by atoms with Gasteiger partial charge in [0, 0.05) is 42.5 Å². The Hall–Kier alpha value is -3.37. The van der Waals surface area contributed by atoms with E-state index in [-0.39, 0.29) is 6.04 Å². The van der Waals surface area contributed by atoms with E-state index < -0.39 is 0 Å². The van der Waals surface area contributed by atoms with Crippen LogP contribution in [0.1, 0.15) is 44.1 Å². The van der Waals surface area contributed by atoms with Crippen molar-refractivity contribution in [3.63, 3.8) is 0 Å². The highest BCUT2D eigenvalue weighted by Gasteiger charge is 2.30. The minimum atomic E-state index is 0.283. The maximum Gasteiger partial charge on any atom is 0.264 e. The summed E-state index contributed by atoms with van der Waals surface area (Å²) in [6.07, 6.45) is 7.03. The minimum Gasteiger partial charge on any atom is -0.370 e. The van der Waals surface area contributed by atoms with E-state index in [1.807, 2.05) is 42.5 Å². The number of piperidine rings is 1. The summed E-state index contributed by atoms with van der Waals surface area (Å²) in [5.74, 6) is 1.11. The van der Waals surface area contributed by atoms with Crippen LogP contribution in [0.3, 0.4) is 0 Å². The van der Waals surface area contributed by atoms with E-state index in [0.717, 1.165) is 37.9 Å². The second-order valence-electron chi connectivity index (χ2n) is 9.04. The van der Waals surface area contributed by atoms with E-state index in [9.17, 15) is 0 Å². The first-order chi connectivity index (χ1) is 16.3. The molecule has 2 fully saturated rings. The molecule has 2 N–H and O–H groups in total. The van der Waals surface area contributed by atoms with Crippen molar-refractivity contribution in [1.29, 1.82) is 5.26 Å². The molecule has 7 nitrogen and oxygen atoms in total. The number of hydrogen-bond donors (Lipinski definition) is 2. The van der Waals surface area contributed by atoms with Gasteiger partial charge in [-0.15, -0.1) is 0 Å². The van der Waals surface area contributed by atoms with Crippen LogP contribution in [-0.2, 0) is 0 Å². The third-order valence-electron chi connectivity index (χ3n) is 6.76. The Balaban J connectivity index is 1.22. The van der Waals surface area contributed by atoms with Gasteiger partial charge in [0.15, 0.2) is 0 Å². The van der Waals surface area contributed by atoms with Gasteiger partial charge < -0.3 is 20.1 Å². The fourth-order valence-corrected chi connectivity index (χ4v) is 5.05. The Morgan fingerprint density at radius 2 is 1.73 bits per heavy atom. The van der Waals surface area contributed by atoms with E-state index in [2.05, 4.69) is 43.9 Å². The zero-order chi connectivity index (χ0) is 22.5. The van der Waals surface area contributed by atoms with Gasteiger partial charge in [-0.3, -0.25) is 0 Å². The number of rotatable bonds is 6.